The topological polar surface area (TPSA) is 186 Å². The van der Waals surface area contributed by atoms with Crippen molar-refractivity contribution in [3.05, 3.63) is 18.2 Å². The van der Waals surface area contributed by atoms with Crippen LogP contribution in [0, 0.1) is 0 Å². The van der Waals surface area contributed by atoms with Crippen LogP contribution in [0.5, 0.6) is 0 Å². The van der Waals surface area contributed by atoms with Gasteiger partial charge in [0.25, 0.3) is 0 Å². The molecule has 22 heavy (non-hydrogen) atoms. The van der Waals surface area contributed by atoms with Gasteiger partial charge in [-0.25, -0.2) is 9.78 Å². The standard InChI is InChI=1S/C12H21N7O3/c13-8(2-1-3-17-12(14)15)10(20)19-9(11(21)22)4-7-5-16-6-18-7/h5-6,8-9H,1-4,13H2,(H,16,18)(H,19,20)(H,21,22)(H4,14,15,17). The minimum absolute atomic E-state index is 0.0245. The number of nitrogens with two attached hydrogens (primary N) is 3. The lowest BCUT2D eigenvalue weighted by molar-refractivity contribution is -0.142. The van der Waals surface area contributed by atoms with Crippen molar-refractivity contribution in [2.75, 3.05) is 6.54 Å². The number of imidazole rings is 1. The van der Waals surface area contributed by atoms with E-state index in [1.165, 1.54) is 12.5 Å². The first-order valence-electron chi connectivity index (χ1n) is 6.71. The van der Waals surface area contributed by atoms with Crippen LogP contribution in [0.1, 0.15) is 18.5 Å². The van der Waals surface area contributed by atoms with Crippen LogP contribution in [0.15, 0.2) is 17.5 Å². The van der Waals surface area contributed by atoms with Crippen LogP contribution in [0.2, 0.25) is 0 Å². The van der Waals surface area contributed by atoms with Crippen LogP contribution in [-0.4, -0.2) is 51.5 Å². The number of nitrogens with zero attached hydrogens (tertiary/aromatic N) is 2. The van der Waals surface area contributed by atoms with E-state index in [4.69, 9.17) is 22.3 Å². The van der Waals surface area contributed by atoms with Crippen molar-refractivity contribution < 1.29 is 14.7 Å². The first-order chi connectivity index (χ1) is 10.4. The quantitative estimate of drug-likeness (QED) is 0.171. The first kappa shape index (κ1) is 17.4. The molecule has 122 valence electrons. The second-order valence-electron chi connectivity index (χ2n) is 4.74. The summed E-state index contributed by atoms with van der Waals surface area (Å²) in [6.07, 6.45) is 3.90. The lowest BCUT2D eigenvalue weighted by Crippen LogP contribution is -2.49. The Balaban J connectivity index is 2.45. The SMILES string of the molecule is NC(N)=NCCCC(N)C(=O)NC(Cc1cnc[nH]1)C(=O)O. The van der Waals surface area contributed by atoms with Gasteiger partial charge in [0.15, 0.2) is 5.96 Å². The van der Waals surface area contributed by atoms with E-state index in [1.807, 2.05) is 0 Å². The van der Waals surface area contributed by atoms with E-state index in [0.717, 1.165) is 0 Å². The van der Waals surface area contributed by atoms with E-state index in [9.17, 15) is 9.59 Å². The number of carbonyl (C=O) groups is 2. The third-order valence-corrected chi connectivity index (χ3v) is 2.90. The molecule has 0 aliphatic carbocycles. The monoisotopic (exact) mass is 311 g/mol. The molecule has 0 radical (unpaired) electrons. The molecule has 1 heterocycles. The molecular formula is C12H21N7O3. The molecule has 2 atom stereocenters. The number of amides is 1. The maximum Gasteiger partial charge on any atom is 0.326 e. The van der Waals surface area contributed by atoms with Crippen molar-refractivity contribution in [3.63, 3.8) is 0 Å². The number of carbonyl (C=O) groups excluding carboxylic acids is 1. The molecular weight excluding hydrogens is 290 g/mol. The summed E-state index contributed by atoms with van der Waals surface area (Å²) in [5.41, 5.74) is 16.7. The average molecular weight is 311 g/mol. The van der Waals surface area contributed by atoms with Crippen LogP contribution >= 0.6 is 0 Å². The van der Waals surface area contributed by atoms with Gasteiger partial charge in [0.2, 0.25) is 5.91 Å². The highest BCUT2D eigenvalue weighted by atomic mass is 16.4. The van der Waals surface area contributed by atoms with E-state index in [2.05, 4.69) is 20.3 Å². The zero-order chi connectivity index (χ0) is 16.5. The molecule has 0 aromatic carbocycles. The summed E-state index contributed by atoms with van der Waals surface area (Å²) in [6, 6.07) is -1.89. The van der Waals surface area contributed by atoms with Gasteiger partial charge < -0.3 is 32.6 Å². The molecule has 0 spiro atoms. The van der Waals surface area contributed by atoms with Gasteiger partial charge in [-0.3, -0.25) is 9.79 Å². The van der Waals surface area contributed by atoms with Crippen molar-refractivity contribution in [2.24, 2.45) is 22.2 Å². The predicted octanol–water partition coefficient (Wildman–Crippen LogP) is -2.10. The second kappa shape index (κ2) is 8.62. The number of carboxylic acid groups (broad SMARTS) is 1. The number of guanidine groups is 1. The molecule has 1 rings (SSSR count). The predicted molar refractivity (Wildman–Crippen MR) is 79.7 cm³/mol. The van der Waals surface area contributed by atoms with Crippen molar-refractivity contribution in [1.82, 2.24) is 15.3 Å². The fraction of sp³-hybridized carbons (Fsp3) is 0.500. The number of nitrogens with one attached hydrogen (secondary N) is 2. The molecule has 0 bridgehead atoms. The smallest absolute Gasteiger partial charge is 0.326 e. The van der Waals surface area contributed by atoms with Gasteiger partial charge in [-0.05, 0) is 12.8 Å². The normalized spacial score (nSPS) is 13.1. The van der Waals surface area contributed by atoms with Crippen LogP contribution in [0.4, 0.5) is 0 Å². The Labute approximate surface area is 127 Å². The lowest BCUT2D eigenvalue weighted by atomic mass is 10.1. The molecule has 2 unspecified atom stereocenters. The van der Waals surface area contributed by atoms with Crippen molar-refractivity contribution in [3.8, 4) is 0 Å². The number of aliphatic carboxylic acids is 1. The summed E-state index contributed by atoms with van der Waals surface area (Å²) in [7, 11) is 0. The van der Waals surface area contributed by atoms with E-state index in [0.29, 0.717) is 25.1 Å². The molecule has 10 nitrogen and oxygen atoms in total. The van der Waals surface area contributed by atoms with Gasteiger partial charge in [0, 0.05) is 24.9 Å². The number of hydrogen-bond donors (Lipinski definition) is 6. The first-order valence-corrected chi connectivity index (χ1v) is 6.71. The Morgan fingerprint density at radius 3 is 2.73 bits per heavy atom. The molecule has 0 saturated carbocycles. The Morgan fingerprint density at radius 1 is 1.45 bits per heavy atom. The average Bonchev–Trinajstić information content (AvgIpc) is 2.95. The number of hydrogen-bond acceptors (Lipinski definition) is 5. The van der Waals surface area contributed by atoms with Gasteiger partial charge in [-0.15, -0.1) is 0 Å². The van der Waals surface area contributed by atoms with E-state index in [-0.39, 0.29) is 12.4 Å². The summed E-state index contributed by atoms with van der Waals surface area (Å²) >= 11 is 0. The van der Waals surface area contributed by atoms with Crippen LogP contribution < -0.4 is 22.5 Å². The van der Waals surface area contributed by atoms with Crippen LogP contribution in [-0.2, 0) is 16.0 Å². The fourth-order valence-electron chi connectivity index (χ4n) is 1.75. The van der Waals surface area contributed by atoms with E-state index in [1.54, 1.807) is 0 Å². The summed E-state index contributed by atoms with van der Waals surface area (Å²) in [6.45, 7) is 0.361. The molecule has 9 N–H and O–H groups in total. The highest BCUT2D eigenvalue weighted by molar-refractivity contribution is 5.86. The number of aromatic amines is 1. The third-order valence-electron chi connectivity index (χ3n) is 2.90. The van der Waals surface area contributed by atoms with Crippen LogP contribution in [0.3, 0.4) is 0 Å². The molecule has 1 aromatic rings. The lowest BCUT2D eigenvalue weighted by Gasteiger charge is -2.17. The van der Waals surface area contributed by atoms with Gasteiger partial charge >= 0.3 is 5.97 Å². The Morgan fingerprint density at radius 2 is 2.18 bits per heavy atom. The minimum Gasteiger partial charge on any atom is -0.480 e. The largest absolute Gasteiger partial charge is 0.480 e. The number of aliphatic imine (C=N–C) groups is 1. The highest BCUT2D eigenvalue weighted by Gasteiger charge is 2.23. The van der Waals surface area contributed by atoms with Gasteiger partial charge in [0.05, 0.1) is 12.4 Å². The molecule has 0 aliphatic rings. The Hall–Kier alpha value is -2.62. The van der Waals surface area contributed by atoms with E-state index < -0.39 is 24.0 Å². The second-order valence-corrected chi connectivity index (χ2v) is 4.74. The zero-order valence-corrected chi connectivity index (χ0v) is 12.0. The van der Waals surface area contributed by atoms with Gasteiger partial charge in [-0.2, -0.15) is 0 Å². The van der Waals surface area contributed by atoms with Gasteiger partial charge in [0.1, 0.15) is 6.04 Å². The molecule has 1 aromatic heterocycles. The molecule has 10 heteroatoms. The highest BCUT2D eigenvalue weighted by Crippen LogP contribution is 2.01. The number of H-pyrrole nitrogens is 1. The number of carboxylic acids is 1. The minimum atomic E-state index is -1.14. The van der Waals surface area contributed by atoms with Crippen molar-refractivity contribution >= 4 is 17.8 Å². The summed E-state index contributed by atoms with van der Waals surface area (Å²) in [5, 5.41) is 11.6. The molecule has 0 saturated heterocycles. The summed E-state index contributed by atoms with van der Waals surface area (Å²) in [4.78, 5) is 33.4. The maximum absolute atomic E-state index is 11.9. The number of aromatic nitrogens is 2. The molecule has 0 aliphatic heterocycles. The third kappa shape index (κ3) is 6.22. The summed E-state index contributed by atoms with van der Waals surface area (Å²) < 4.78 is 0. The maximum atomic E-state index is 11.9. The van der Waals surface area contributed by atoms with Crippen molar-refractivity contribution in [2.45, 2.75) is 31.3 Å². The van der Waals surface area contributed by atoms with Gasteiger partial charge in [-0.1, -0.05) is 0 Å². The zero-order valence-electron chi connectivity index (χ0n) is 12.0. The van der Waals surface area contributed by atoms with Crippen LogP contribution in [0.25, 0.3) is 0 Å². The Bertz CT molecular complexity index is 511. The molecule has 1 amide bonds. The summed E-state index contributed by atoms with van der Waals surface area (Å²) in [5.74, 6) is -1.70. The fourth-order valence-corrected chi connectivity index (χ4v) is 1.75. The molecule has 0 fully saturated rings. The van der Waals surface area contributed by atoms with Crippen molar-refractivity contribution in [1.29, 1.82) is 0 Å². The Kier molecular flexibility index (Phi) is 6.83. The van der Waals surface area contributed by atoms with E-state index >= 15 is 0 Å². The number of rotatable bonds is 9.